The number of ether oxygens (including phenoxy) is 2. The molecule has 2 fully saturated rings. The lowest BCUT2D eigenvalue weighted by atomic mass is 9.94. The van der Waals surface area contributed by atoms with E-state index in [2.05, 4.69) is 4.98 Å². The van der Waals surface area contributed by atoms with E-state index in [0.717, 1.165) is 42.5 Å². The van der Waals surface area contributed by atoms with E-state index in [1.165, 1.54) is 29.5 Å². The number of nitrogens with zero attached hydrogens (tertiary/aromatic N) is 3. The van der Waals surface area contributed by atoms with E-state index >= 15 is 0 Å². The molecule has 2 aliphatic rings. The molecule has 5 rings (SSSR count). The van der Waals surface area contributed by atoms with Crippen LogP contribution in [0.5, 0.6) is 11.5 Å². The second kappa shape index (κ2) is 11.7. The maximum atomic E-state index is 13.6. The maximum absolute atomic E-state index is 13.6. The predicted octanol–water partition coefficient (Wildman–Crippen LogP) is 7.63. The third-order valence-corrected chi connectivity index (χ3v) is 8.46. The normalized spacial score (nSPS) is 18.7. The highest BCUT2D eigenvalue weighted by molar-refractivity contribution is 8.18. The largest absolute Gasteiger partial charge is 0.493 e. The van der Waals surface area contributed by atoms with Gasteiger partial charge in [0.2, 0.25) is 5.13 Å². The van der Waals surface area contributed by atoms with Gasteiger partial charge in [0.05, 0.1) is 17.7 Å². The van der Waals surface area contributed by atoms with Gasteiger partial charge in [0.25, 0.3) is 5.91 Å². The van der Waals surface area contributed by atoms with Crippen LogP contribution in [-0.2, 0) is 11.4 Å². The van der Waals surface area contributed by atoms with E-state index in [9.17, 15) is 4.79 Å². The van der Waals surface area contributed by atoms with Crippen LogP contribution >= 0.6 is 34.7 Å². The smallest absolute Gasteiger partial charge is 0.267 e. The number of thioether (sulfide) groups is 1. The van der Waals surface area contributed by atoms with Crippen LogP contribution in [0.25, 0.3) is 6.08 Å². The second-order valence-corrected chi connectivity index (χ2v) is 11.4. The molecule has 192 valence electrons. The van der Waals surface area contributed by atoms with E-state index in [-0.39, 0.29) is 11.9 Å². The van der Waals surface area contributed by atoms with Gasteiger partial charge in [-0.15, -0.1) is 11.3 Å². The Labute approximate surface area is 230 Å². The lowest BCUT2D eigenvalue weighted by molar-refractivity contribution is -0.124. The van der Waals surface area contributed by atoms with Crippen molar-refractivity contribution < 1.29 is 14.3 Å². The van der Waals surface area contributed by atoms with Gasteiger partial charge in [-0.25, -0.2) is 4.98 Å². The molecule has 1 saturated heterocycles. The number of hydrogen-bond donors (Lipinski definition) is 0. The van der Waals surface area contributed by atoms with Gasteiger partial charge in [-0.2, -0.15) is 4.99 Å². The molecule has 0 unspecified atom stereocenters. The van der Waals surface area contributed by atoms with Crippen molar-refractivity contribution in [3.05, 3.63) is 74.6 Å². The number of benzene rings is 2. The quantitative estimate of drug-likeness (QED) is 0.281. The fourth-order valence-corrected chi connectivity index (χ4v) is 6.38. The van der Waals surface area contributed by atoms with Gasteiger partial charge in [0.1, 0.15) is 6.61 Å². The highest BCUT2D eigenvalue weighted by Crippen LogP contribution is 2.39. The van der Waals surface area contributed by atoms with Crippen LogP contribution in [0.3, 0.4) is 0 Å². The van der Waals surface area contributed by atoms with Gasteiger partial charge in [-0.05, 0) is 73.0 Å². The molecule has 2 heterocycles. The van der Waals surface area contributed by atoms with Crippen molar-refractivity contribution in [1.29, 1.82) is 0 Å². The first-order valence-corrected chi connectivity index (χ1v) is 14.4. The fraction of sp³-hybridized carbons (Fsp3) is 0.321. The molecule has 37 heavy (non-hydrogen) atoms. The van der Waals surface area contributed by atoms with Crippen LogP contribution in [-0.4, -0.2) is 34.1 Å². The topological polar surface area (TPSA) is 64.0 Å². The maximum Gasteiger partial charge on any atom is 0.267 e. The van der Waals surface area contributed by atoms with Crippen LogP contribution in [0.4, 0.5) is 5.13 Å². The summed E-state index contributed by atoms with van der Waals surface area (Å²) in [6, 6.07) is 13.4. The number of hydrogen-bond acceptors (Lipinski definition) is 7. The average Bonchev–Trinajstić information content (AvgIpc) is 3.46. The summed E-state index contributed by atoms with van der Waals surface area (Å²) in [6.45, 7) is 2.35. The number of thiazole rings is 1. The van der Waals surface area contributed by atoms with E-state index in [1.54, 1.807) is 7.11 Å². The van der Waals surface area contributed by atoms with Crippen LogP contribution < -0.4 is 9.47 Å². The van der Waals surface area contributed by atoms with Crippen LogP contribution in [0.15, 0.2) is 57.7 Å². The molecule has 0 spiro atoms. The number of aliphatic imine (C=N–C) groups is 1. The van der Waals surface area contributed by atoms with Crippen LogP contribution in [0.2, 0.25) is 5.02 Å². The lowest BCUT2D eigenvalue weighted by Crippen LogP contribution is -2.40. The van der Waals surface area contributed by atoms with E-state index in [4.69, 9.17) is 26.1 Å². The highest BCUT2D eigenvalue weighted by Gasteiger charge is 2.38. The fourth-order valence-electron chi connectivity index (χ4n) is 4.49. The van der Waals surface area contributed by atoms with Crippen molar-refractivity contribution in [3.63, 3.8) is 0 Å². The zero-order chi connectivity index (χ0) is 25.8. The van der Waals surface area contributed by atoms with Gasteiger partial charge in [0.15, 0.2) is 16.7 Å². The van der Waals surface area contributed by atoms with Crippen molar-refractivity contribution in [1.82, 2.24) is 9.88 Å². The molecular weight excluding hydrogens is 526 g/mol. The molecule has 0 radical (unpaired) electrons. The third kappa shape index (κ3) is 6.20. The molecule has 0 atom stereocenters. The number of carbonyl (C=O) groups is 1. The Morgan fingerprint density at radius 2 is 1.92 bits per heavy atom. The number of carbonyl (C=O) groups excluding carboxylic acids is 1. The zero-order valence-electron chi connectivity index (χ0n) is 20.8. The molecule has 9 heteroatoms. The number of amidine groups is 1. The summed E-state index contributed by atoms with van der Waals surface area (Å²) in [6.07, 6.45) is 7.40. The SMILES string of the molecule is COc1cc(/C=C2\S/C(=N/c3nc(C)cs3)N(C3CCCCC3)C2=O)ccc1OCc1ccc(Cl)cc1. The van der Waals surface area contributed by atoms with Gasteiger partial charge < -0.3 is 9.47 Å². The summed E-state index contributed by atoms with van der Waals surface area (Å²) in [4.78, 5) is 25.4. The van der Waals surface area contributed by atoms with Crippen molar-refractivity contribution in [2.24, 2.45) is 4.99 Å². The third-order valence-electron chi connectivity index (χ3n) is 6.37. The van der Waals surface area contributed by atoms with Crippen LogP contribution in [0.1, 0.15) is 48.9 Å². The van der Waals surface area contributed by atoms with Crippen LogP contribution in [0, 0.1) is 6.92 Å². The van der Waals surface area contributed by atoms with E-state index in [0.29, 0.717) is 38.3 Å². The summed E-state index contributed by atoms with van der Waals surface area (Å²) >= 11 is 8.88. The minimum Gasteiger partial charge on any atom is -0.493 e. The van der Waals surface area contributed by atoms with Crippen molar-refractivity contribution in [3.8, 4) is 11.5 Å². The molecule has 2 aromatic carbocycles. The molecule has 1 aromatic heterocycles. The minimum absolute atomic E-state index is 0.00552. The summed E-state index contributed by atoms with van der Waals surface area (Å²) in [5, 5.41) is 4.06. The number of halogens is 1. The molecule has 3 aromatic rings. The Morgan fingerprint density at radius 3 is 2.62 bits per heavy atom. The Balaban J connectivity index is 1.38. The predicted molar refractivity (Wildman–Crippen MR) is 152 cm³/mol. The Hall–Kier alpha value is -2.81. The standard InChI is InChI=1S/C28H28ClN3O3S2/c1-18-17-36-27(30-18)31-28-32(22-6-4-3-5-7-22)26(33)25(37-28)15-20-10-13-23(24(14-20)34-2)35-16-19-8-11-21(29)12-9-19/h8-15,17,22H,3-7,16H2,1-2H3/b25-15-,31-28+. The van der Waals surface area contributed by atoms with Crippen molar-refractivity contribution in [2.75, 3.05) is 7.11 Å². The molecule has 0 bridgehead atoms. The molecule has 0 N–H and O–H groups in total. The first-order chi connectivity index (χ1) is 18.0. The van der Waals surface area contributed by atoms with Gasteiger partial charge in [-0.3, -0.25) is 9.69 Å². The summed E-state index contributed by atoms with van der Waals surface area (Å²) in [7, 11) is 1.61. The summed E-state index contributed by atoms with van der Waals surface area (Å²) < 4.78 is 11.6. The van der Waals surface area contributed by atoms with E-state index in [1.807, 2.05) is 65.7 Å². The number of rotatable bonds is 7. The molecule has 1 amide bonds. The summed E-state index contributed by atoms with van der Waals surface area (Å²) in [5.74, 6) is 1.25. The first kappa shape index (κ1) is 25.8. The molecule has 6 nitrogen and oxygen atoms in total. The number of methoxy groups -OCH3 is 1. The molecule has 1 aliphatic carbocycles. The van der Waals surface area contributed by atoms with Gasteiger partial charge >= 0.3 is 0 Å². The van der Waals surface area contributed by atoms with Crippen molar-refractivity contribution >= 4 is 57.0 Å². The monoisotopic (exact) mass is 553 g/mol. The molecule has 1 saturated carbocycles. The highest BCUT2D eigenvalue weighted by atomic mass is 35.5. The second-order valence-electron chi connectivity index (χ2n) is 9.07. The number of amides is 1. The van der Waals surface area contributed by atoms with Gasteiger partial charge in [0, 0.05) is 16.4 Å². The molecule has 1 aliphatic heterocycles. The molecular formula is C28H28ClN3O3S2. The van der Waals surface area contributed by atoms with Crippen molar-refractivity contribution in [2.45, 2.75) is 51.7 Å². The Morgan fingerprint density at radius 1 is 1.14 bits per heavy atom. The minimum atomic E-state index is 0.00552. The van der Waals surface area contributed by atoms with E-state index < -0.39 is 0 Å². The van der Waals surface area contributed by atoms with Gasteiger partial charge in [-0.1, -0.05) is 49.1 Å². The first-order valence-electron chi connectivity index (χ1n) is 12.3. The zero-order valence-corrected chi connectivity index (χ0v) is 23.2. The average molecular weight is 554 g/mol. The lowest BCUT2D eigenvalue weighted by Gasteiger charge is -2.30. The Kier molecular flexibility index (Phi) is 8.17. The number of aromatic nitrogens is 1. The number of aryl methyl sites for hydroxylation is 1. The Bertz CT molecular complexity index is 1330. The summed E-state index contributed by atoms with van der Waals surface area (Å²) in [5.41, 5.74) is 2.81.